The molecule has 154 valence electrons. The molecule has 29 heavy (non-hydrogen) atoms. The molecule has 0 atom stereocenters. The average Bonchev–Trinajstić information content (AvgIpc) is 2.65. The van der Waals surface area contributed by atoms with Gasteiger partial charge in [-0.05, 0) is 42.8 Å². The lowest BCUT2D eigenvalue weighted by molar-refractivity contribution is -0.185. The molecule has 0 unspecified atom stereocenters. The Hall–Kier alpha value is -3.36. The smallest absolute Gasteiger partial charge is 0.331 e. The van der Waals surface area contributed by atoms with Gasteiger partial charge in [-0.3, -0.25) is 14.4 Å². The molecule has 0 fully saturated rings. The Kier molecular flexibility index (Phi) is 6.98. The molecule has 0 aliphatic heterocycles. The Morgan fingerprint density at radius 2 is 1.59 bits per heavy atom. The fraction of sp³-hybridized carbons (Fsp3) is 0.250. The van der Waals surface area contributed by atoms with Crippen LogP contribution in [0.1, 0.15) is 29.8 Å². The maximum absolute atomic E-state index is 12.7. The second-order valence-electron chi connectivity index (χ2n) is 6.23. The molecule has 2 rings (SSSR count). The van der Waals surface area contributed by atoms with Crippen molar-refractivity contribution in [1.29, 1.82) is 0 Å². The standard InChI is InChI=1S/C20H20F3N3O3/c1-3-26(19(29)20(21,22)23)12-14-6-4-8-16(10-14)25-18(28)15-7-5-9-17(11-15)24-13(2)27/h4-11H,3,12H2,1-2H3,(H,24,27)(H,25,28). The maximum atomic E-state index is 12.7. The molecule has 0 heterocycles. The van der Waals surface area contributed by atoms with Crippen LogP contribution < -0.4 is 10.6 Å². The number of nitrogens with one attached hydrogen (secondary N) is 2. The first-order chi connectivity index (χ1) is 13.6. The van der Waals surface area contributed by atoms with Crippen LogP contribution in [0.2, 0.25) is 0 Å². The zero-order valence-electron chi connectivity index (χ0n) is 15.8. The number of anilines is 2. The third-order valence-electron chi connectivity index (χ3n) is 3.91. The Morgan fingerprint density at radius 1 is 0.966 bits per heavy atom. The lowest BCUT2D eigenvalue weighted by Gasteiger charge is -2.22. The minimum absolute atomic E-state index is 0.106. The van der Waals surface area contributed by atoms with E-state index in [9.17, 15) is 27.6 Å². The van der Waals surface area contributed by atoms with E-state index in [1.165, 1.54) is 26.0 Å². The van der Waals surface area contributed by atoms with Gasteiger partial charge in [0.25, 0.3) is 5.91 Å². The van der Waals surface area contributed by atoms with E-state index in [-0.39, 0.29) is 19.0 Å². The van der Waals surface area contributed by atoms with Crippen molar-refractivity contribution >= 4 is 29.1 Å². The van der Waals surface area contributed by atoms with Gasteiger partial charge in [0.1, 0.15) is 0 Å². The number of hydrogen-bond donors (Lipinski definition) is 2. The van der Waals surface area contributed by atoms with Crippen molar-refractivity contribution in [3.63, 3.8) is 0 Å². The fourth-order valence-electron chi connectivity index (χ4n) is 2.62. The van der Waals surface area contributed by atoms with Crippen molar-refractivity contribution < 1.29 is 27.6 Å². The molecule has 0 bridgehead atoms. The number of amides is 3. The van der Waals surface area contributed by atoms with Crippen LogP contribution in [0.3, 0.4) is 0 Å². The maximum Gasteiger partial charge on any atom is 0.471 e. The molecule has 0 aromatic heterocycles. The highest BCUT2D eigenvalue weighted by Crippen LogP contribution is 2.21. The number of benzene rings is 2. The van der Waals surface area contributed by atoms with Gasteiger partial charge < -0.3 is 15.5 Å². The van der Waals surface area contributed by atoms with Crippen LogP contribution in [0.4, 0.5) is 24.5 Å². The molecular weight excluding hydrogens is 387 g/mol. The first-order valence-electron chi connectivity index (χ1n) is 8.74. The molecule has 0 aliphatic carbocycles. The Morgan fingerprint density at radius 3 is 2.17 bits per heavy atom. The van der Waals surface area contributed by atoms with E-state index in [1.54, 1.807) is 36.4 Å². The second kappa shape index (κ2) is 9.22. The molecule has 0 saturated carbocycles. The van der Waals surface area contributed by atoms with Gasteiger partial charge in [0.2, 0.25) is 5.91 Å². The Balaban J connectivity index is 2.12. The molecule has 0 aliphatic rings. The summed E-state index contributed by atoms with van der Waals surface area (Å²) in [5.41, 5.74) is 1.56. The molecule has 2 N–H and O–H groups in total. The first kappa shape index (κ1) is 21.9. The van der Waals surface area contributed by atoms with E-state index in [4.69, 9.17) is 0 Å². The van der Waals surface area contributed by atoms with E-state index < -0.39 is 18.0 Å². The summed E-state index contributed by atoms with van der Waals surface area (Å²) in [6, 6.07) is 12.5. The van der Waals surface area contributed by atoms with Crippen LogP contribution >= 0.6 is 0 Å². The number of carbonyl (C=O) groups excluding carboxylic acids is 3. The number of alkyl halides is 3. The van der Waals surface area contributed by atoms with Gasteiger partial charge in [0, 0.05) is 37.0 Å². The lowest BCUT2D eigenvalue weighted by atomic mass is 10.1. The van der Waals surface area contributed by atoms with Crippen molar-refractivity contribution in [1.82, 2.24) is 4.90 Å². The highest BCUT2D eigenvalue weighted by Gasteiger charge is 2.41. The van der Waals surface area contributed by atoms with Gasteiger partial charge in [-0.15, -0.1) is 0 Å². The molecule has 2 aromatic rings. The number of nitrogens with zero attached hydrogens (tertiary/aromatic N) is 1. The van der Waals surface area contributed by atoms with Gasteiger partial charge in [-0.2, -0.15) is 13.2 Å². The molecule has 0 saturated heterocycles. The summed E-state index contributed by atoms with van der Waals surface area (Å²) in [5, 5.41) is 5.23. The van der Waals surface area contributed by atoms with Crippen molar-refractivity contribution in [2.45, 2.75) is 26.6 Å². The van der Waals surface area contributed by atoms with E-state index in [0.29, 0.717) is 27.4 Å². The number of hydrogen-bond acceptors (Lipinski definition) is 3. The minimum Gasteiger partial charge on any atom is -0.331 e. The second-order valence-corrected chi connectivity index (χ2v) is 6.23. The summed E-state index contributed by atoms with van der Waals surface area (Å²) in [6.45, 7) is 2.46. The van der Waals surface area contributed by atoms with Gasteiger partial charge in [0.05, 0.1) is 0 Å². The highest BCUT2D eigenvalue weighted by molar-refractivity contribution is 6.05. The lowest BCUT2D eigenvalue weighted by Crippen LogP contribution is -2.40. The summed E-state index contributed by atoms with van der Waals surface area (Å²) in [5.74, 6) is -2.64. The molecule has 9 heteroatoms. The molecule has 0 spiro atoms. The quantitative estimate of drug-likeness (QED) is 0.765. The van der Waals surface area contributed by atoms with Crippen molar-refractivity contribution in [3.05, 3.63) is 59.7 Å². The SMILES string of the molecule is CCN(Cc1cccc(NC(=O)c2cccc(NC(C)=O)c2)c1)C(=O)C(F)(F)F. The van der Waals surface area contributed by atoms with Crippen LogP contribution in [0.15, 0.2) is 48.5 Å². The Bertz CT molecular complexity index is 913. The zero-order valence-corrected chi connectivity index (χ0v) is 15.8. The highest BCUT2D eigenvalue weighted by atomic mass is 19.4. The summed E-state index contributed by atoms with van der Waals surface area (Å²) in [7, 11) is 0. The monoisotopic (exact) mass is 407 g/mol. The largest absolute Gasteiger partial charge is 0.471 e. The van der Waals surface area contributed by atoms with Crippen molar-refractivity contribution in [3.8, 4) is 0 Å². The number of carbonyl (C=O) groups is 3. The summed E-state index contributed by atoms with van der Waals surface area (Å²) < 4.78 is 38.0. The van der Waals surface area contributed by atoms with Crippen LogP contribution in [0, 0.1) is 0 Å². The summed E-state index contributed by atoms with van der Waals surface area (Å²) in [4.78, 5) is 35.7. The zero-order chi connectivity index (χ0) is 21.6. The molecule has 0 radical (unpaired) electrons. The van der Waals surface area contributed by atoms with E-state index in [0.717, 1.165) is 0 Å². The average molecular weight is 407 g/mol. The van der Waals surface area contributed by atoms with E-state index >= 15 is 0 Å². The Labute approximate surface area is 165 Å². The van der Waals surface area contributed by atoms with Crippen molar-refractivity contribution in [2.75, 3.05) is 17.2 Å². The number of rotatable bonds is 6. The van der Waals surface area contributed by atoms with Gasteiger partial charge in [-0.25, -0.2) is 0 Å². The molecule has 6 nitrogen and oxygen atoms in total. The molecule has 3 amide bonds. The van der Waals surface area contributed by atoms with Crippen LogP contribution in [-0.4, -0.2) is 35.3 Å². The van der Waals surface area contributed by atoms with E-state index in [2.05, 4.69) is 10.6 Å². The van der Waals surface area contributed by atoms with Gasteiger partial charge in [-0.1, -0.05) is 18.2 Å². The fourth-order valence-corrected chi connectivity index (χ4v) is 2.62. The van der Waals surface area contributed by atoms with Crippen LogP contribution in [0.5, 0.6) is 0 Å². The van der Waals surface area contributed by atoms with Crippen molar-refractivity contribution in [2.24, 2.45) is 0 Å². The summed E-state index contributed by atoms with van der Waals surface area (Å²) in [6.07, 6.45) is -4.94. The van der Waals surface area contributed by atoms with Gasteiger partial charge in [0.15, 0.2) is 0 Å². The minimum atomic E-state index is -4.94. The molecular formula is C20H20F3N3O3. The van der Waals surface area contributed by atoms with E-state index in [1.807, 2.05) is 0 Å². The normalized spacial score (nSPS) is 10.9. The van der Waals surface area contributed by atoms with Crippen LogP contribution in [-0.2, 0) is 16.1 Å². The third kappa shape index (κ3) is 6.34. The first-order valence-corrected chi connectivity index (χ1v) is 8.74. The topological polar surface area (TPSA) is 78.5 Å². The molecule has 2 aromatic carbocycles. The van der Waals surface area contributed by atoms with Crippen LogP contribution in [0.25, 0.3) is 0 Å². The van der Waals surface area contributed by atoms with Gasteiger partial charge >= 0.3 is 12.1 Å². The predicted octanol–water partition coefficient (Wildman–Crippen LogP) is 3.81. The predicted molar refractivity (Wildman–Crippen MR) is 102 cm³/mol. The number of halogens is 3. The summed E-state index contributed by atoms with van der Waals surface area (Å²) >= 11 is 0. The third-order valence-corrected chi connectivity index (χ3v) is 3.91.